The normalized spacial score (nSPS) is 11.7. The van der Waals surface area contributed by atoms with Gasteiger partial charge in [-0.15, -0.1) is 0 Å². The molecule has 0 atom stereocenters. The summed E-state index contributed by atoms with van der Waals surface area (Å²) in [4.78, 5) is 3.94. The highest BCUT2D eigenvalue weighted by atomic mass is 127. The molecule has 0 radical (unpaired) electrons. The van der Waals surface area contributed by atoms with E-state index < -0.39 is 9.05 Å². The minimum Gasteiger partial charge on any atom is -0.329 e. The minimum absolute atomic E-state index is 0.104. The maximum atomic E-state index is 11.2. The van der Waals surface area contributed by atoms with Crippen molar-refractivity contribution in [1.82, 2.24) is 9.55 Å². The summed E-state index contributed by atoms with van der Waals surface area (Å²) in [5.74, 6) is 0.618. The first-order valence-electron chi connectivity index (χ1n) is 5.09. The van der Waals surface area contributed by atoms with Gasteiger partial charge in [-0.2, -0.15) is 0 Å². The van der Waals surface area contributed by atoms with E-state index in [4.69, 9.17) is 10.7 Å². The SMILES string of the molecule is Cc1nc(S(=O)(=O)Cl)cn1Cc1ccc(I)cc1. The summed E-state index contributed by atoms with van der Waals surface area (Å²) in [5.41, 5.74) is 1.08. The highest BCUT2D eigenvalue weighted by molar-refractivity contribution is 14.1. The lowest BCUT2D eigenvalue weighted by molar-refractivity contribution is 0.606. The quantitative estimate of drug-likeness (QED) is 0.592. The summed E-state index contributed by atoms with van der Waals surface area (Å²) >= 11 is 2.23. The number of aryl methyl sites for hydroxylation is 1. The third kappa shape index (κ3) is 3.24. The molecule has 0 fully saturated rings. The third-order valence-corrected chi connectivity index (χ3v) is 4.36. The summed E-state index contributed by atoms with van der Waals surface area (Å²) < 4.78 is 25.3. The number of nitrogens with zero attached hydrogens (tertiary/aromatic N) is 2. The van der Waals surface area contributed by atoms with Crippen LogP contribution in [0.4, 0.5) is 0 Å². The summed E-state index contributed by atoms with van der Waals surface area (Å²) in [7, 11) is 1.50. The lowest BCUT2D eigenvalue weighted by atomic mass is 10.2. The van der Waals surface area contributed by atoms with E-state index in [1.807, 2.05) is 24.3 Å². The molecule has 0 aliphatic rings. The number of rotatable bonds is 3. The molecule has 4 nitrogen and oxygen atoms in total. The van der Waals surface area contributed by atoms with Crippen molar-refractivity contribution in [3.8, 4) is 0 Å². The smallest absolute Gasteiger partial charge is 0.280 e. The van der Waals surface area contributed by atoms with Gasteiger partial charge in [0.15, 0.2) is 5.03 Å². The molecule has 7 heteroatoms. The third-order valence-electron chi connectivity index (χ3n) is 2.47. The maximum Gasteiger partial charge on any atom is 0.280 e. The van der Waals surface area contributed by atoms with E-state index >= 15 is 0 Å². The summed E-state index contributed by atoms with van der Waals surface area (Å²) in [6.07, 6.45) is 1.45. The molecule has 1 heterocycles. The molecule has 2 aromatic rings. The molecule has 0 bridgehead atoms. The summed E-state index contributed by atoms with van der Waals surface area (Å²) in [6.45, 7) is 2.32. The molecule has 1 aromatic heterocycles. The van der Waals surface area contributed by atoms with Crippen LogP contribution in [0.5, 0.6) is 0 Å². The zero-order valence-electron chi connectivity index (χ0n) is 9.47. The Hall–Kier alpha value is -0.600. The predicted octanol–water partition coefficient (Wildman–Crippen LogP) is 2.77. The van der Waals surface area contributed by atoms with Gasteiger partial charge in [-0.05, 0) is 47.2 Å². The number of hydrogen-bond acceptors (Lipinski definition) is 3. The number of halogens is 2. The second-order valence-corrected chi connectivity index (χ2v) is 7.58. The first-order valence-corrected chi connectivity index (χ1v) is 8.48. The van der Waals surface area contributed by atoms with E-state index in [-0.39, 0.29) is 5.03 Å². The van der Waals surface area contributed by atoms with Crippen molar-refractivity contribution >= 4 is 42.3 Å². The topological polar surface area (TPSA) is 52.0 Å². The van der Waals surface area contributed by atoms with Gasteiger partial charge >= 0.3 is 0 Å². The maximum absolute atomic E-state index is 11.2. The molecular weight excluding hydrogens is 387 g/mol. The monoisotopic (exact) mass is 396 g/mol. The lowest BCUT2D eigenvalue weighted by Gasteiger charge is -2.04. The van der Waals surface area contributed by atoms with Gasteiger partial charge in [0.2, 0.25) is 0 Å². The van der Waals surface area contributed by atoms with Crippen LogP contribution in [0.3, 0.4) is 0 Å². The Balaban J connectivity index is 2.30. The molecule has 0 aliphatic carbocycles. The van der Waals surface area contributed by atoms with Crippen LogP contribution >= 0.6 is 33.3 Å². The van der Waals surface area contributed by atoms with E-state index in [1.165, 1.54) is 6.20 Å². The van der Waals surface area contributed by atoms with Gasteiger partial charge in [0.05, 0.1) is 0 Å². The van der Waals surface area contributed by atoms with Gasteiger partial charge in [-0.1, -0.05) is 12.1 Å². The Morgan fingerprint density at radius 1 is 1.33 bits per heavy atom. The van der Waals surface area contributed by atoms with Crippen molar-refractivity contribution in [3.05, 3.63) is 45.4 Å². The van der Waals surface area contributed by atoms with Crippen LogP contribution in [0.15, 0.2) is 35.5 Å². The molecule has 2 rings (SSSR count). The van der Waals surface area contributed by atoms with Crippen molar-refractivity contribution in [1.29, 1.82) is 0 Å². The van der Waals surface area contributed by atoms with Crippen molar-refractivity contribution in [2.24, 2.45) is 0 Å². The molecule has 1 aromatic carbocycles. The van der Waals surface area contributed by atoms with E-state index in [0.717, 1.165) is 9.13 Å². The highest BCUT2D eigenvalue weighted by Gasteiger charge is 2.15. The largest absolute Gasteiger partial charge is 0.329 e. The zero-order valence-corrected chi connectivity index (χ0v) is 13.2. The second kappa shape index (κ2) is 5.18. The fraction of sp³-hybridized carbons (Fsp3) is 0.182. The minimum atomic E-state index is -3.76. The van der Waals surface area contributed by atoms with Gasteiger partial charge in [0, 0.05) is 27.0 Å². The average molecular weight is 397 g/mol. The molecule has 0 N–H and O–H groups in total. The van der Waals surface area contributed by atoms with Gasteiger partial charge in [-0.3, -0.25) is 0 Å². The van der Waals surface area contributed by atoms with Crippen molar-refractivity contribution in [2.75, 3.05) is 0 Å². The zero-order chi connectivity index (χ0) is 13.3. The Bertz CT molecular complexity index is 665. The van der Waals surface area contributed by atoms with Gasteiger partial charge in [0.25, 0.3) is 9.05 Å². The summed E-state index contributed by atoms with van der Waals surface area (Å²) in [5, 5.41) is -0.104. The Kier molecular flexibility index (Phi) is 3.98. The van der Waals surface area contributed by atoms with E-state index in [9.17, 15) is 8.42 Å². The Labute approximate surface area is 124 Å². The van der Waals surface area contributed by atoms with Crippen LogP contribution in [0.25, 0.3) is 0 Å². The van der Waals surface area contributed by atoms with E-state index in [0.29, 0.717) is 12.4 Å². The van der Waals surface area contributed by atoms with E-state index in [1.54, 1.807) is 11.5 Å². The van der Waals surface area contributed by atoms with Crippen LogP contribution in [0, 0.1) is 10.5 Å². The van der Waals surface area contributed by atoms with Gasteiger partial charge in [0.1, 0.15) is 5.82 Å². The van der Waals surface area contributed by atoms with Crippen LogP contribution in [0.2, 0.25) is 0 Å². The molecular formula is C11H10ClIN2O2S. The predicted molar refractivity (Wildman–Crippen MR) is 78.3 cm³/mol. The number of hydrogen-bond donors (Lipinski definition) is 0. The molecule has 0 aliphatic heterocycles. The Morgan fingerprint density at radius 3 is 2.44 bits per heavy atom. The van der Waals surface area contributed by atoms with Crippen molar-refractivity contribution in [3.63, 3.8) is 0 Å². The first kappa shape index (κ1) is 13.8. The van der Waals surface area contributed by atoms with Crippen LogP contribution in [0.1, 0.15) is 11.4 Å². The van der Waals surface area contributed by atoms with Crippen molar-refractivity contribution in [2.45, 2.75) is 18.5 Å². The standard InChI is InChI=1S/C11H10ClIN2O2S/c1-8-14-11(18(12,16)17)7-15(8)6-9-2-4-10(13)5-3-9/h2-5,7H,6H2,1H3. The van der Waals surface area contributed by atoms with Gasteiger partial charge < -0.3 is 4.57 Å². The molecule has 96 valence electrons. The lowest BCUT2D eigenvalue weighted by Crippen LogP contribution is -2.00. The fourth-order valence-electron chi connectivity index (χ4n) is 1.54. The molecule has 0 spiro atoms. The average Bonchev–Trinajstić information content (AvgIpc) is 2.63. The van der Waals surface area contributed by atoms with Crippen LogP contribution in [-0.4, -0.2) is 18.0 Å². The molecule has 0 saturated carbocycles. The molecule has 0 unspecified atom stereocenters. The second-order valence-electron chi connectivity index (χ2n) is 3.82. The first-order chi connectivity index (χ1) is 8.36. The highest BCUT2D eigenvalue weighted by Crippen LogP contribution is 2.16. The Morgan fingerprint density at radius 2 is 1.94 bits per heavy atom. The molecule has 18 heavy (non-hydrogen) atoms. The number of aromatic nitrogens is 2. The van der Waals surface area contributed by atoms with Crippen LogP contribution in [-0.2, 0) is 15.6 Å². The number of benzene rings is 1. The van der Waals surface area contributed by atoms with Crippen molar-refractivity contribution < 1.29 is 8.42 Å². The van der Waals surface area contributed by atoms with Crippen LogP contribution < -0.4 is 0 Å². The van der Waals surface area contributed by atoms with Gasteiger partial charge in [-0.25, -0.2) is 13.4 Å². The number of imidazole rings is 1. The summed E-state index contributed by atoms with van der Waals surface area (Å²) in [6, 6.07) is 7.99. The van der Waals surface area contributed by atoms with E-state index in [2.05, 4.69) is 27.6 Å². The molecule has 0 amide bonds. The molecule has 0 saturated heterocycles. The fourth-order valence-corrected chi connectivity index (χ4v) is 2.62.